The van der Waals surface area contributed by atoms with Gasteiger partial charge in [-0.2, -0.15) is 0 Å². The number of carbonyl (C=O) groups excluding carboxylic acids is 2. The third kappa shape index (κ3) is 2.91. The van der Waals surface area contributed by atoms with Gasteiger partial charge in [-0.1, -0.05) is 12.5 Å². The lowest BCUT2D eigenvalue weighted by Gasteiger charge is -2.26. The number of ketones is 1. The summed E-state index contributed by atoms with van der Waals surface area (Å²) < 4.78 is 5.17. The van der Waals surface area contributed by atoms with Gasteiger partial charge in [0.2, 0.25) is 0 Å². The van der Waals surface area contributed by atoms with Gasteiger partial charge in [-0.15, -0.1) is 0 Å². The summed E-state index contributed by atoms with van der Waals surface area (Å²) in [4.78, 5) is 23.0. The Morgan fingerprint density at radius 1 is 1.53 bits per heavy atom. The summed E-state index contributed by atoms with van der Waals surface area (Å²) in [6, 6.07) is 0. The monoisotopic (exact) mass is 210 g/mol. The Morgan fingerprint density at radius 3 is 2.60 bits per heavy atom. The van der Waals surface area contributed by atoms with Crippen LogP contribution in [0.2, 0.25) is 0 Å². The van der Waals surface area contributed by atoms with Crippen molar-refractivity contribution in [1.29, 1.82) is 0 Å². The van der Waals surface area contributed by atoms with Crippen molar-refractivity contribution >= 4 is 11.8 Å². The molecular weight excluding hydrogens is 192 g/mol. The lowest BCUT2D eigenvalue weighted by Crippen LogP contribution is -2.31. The molecule has 3 heteroatoms. The van der Waals surface area contributed by atoms with E-state index >= 15 is 0 Å². The Hall–Kier alpha value is -1.12. The number of rotatable bonds is 2. The van der Waals surface area contributed by atoms with Gasteiger partial charge in [-0.3, -0.25) is 9.59 Å². The molecule has 0 aliphatic heterocycles. The Labute approximate surface area is 90.5 Å². The predicted octanol–water partition coefficient (Wildman–Crippen LogP) is 2.11. The molecule has 0 fully saturated rings. The van der Waals surface area contributed by atoms with Crippen molar-refractivity contribution in [2.75, 3.05) is 0 Å². The molecule has 0 amide bonds. The topological polar surface area (TPSA) is 43.4 Å². The van der Waals surface area contributed by atoms with Crippen molar-refractivity contribution in [2.45, 2.75) is 40.2 Å². The van der Waals surface area contributed by atoms with Crippen molar-refractivity contribution in [3.63, 3.8) is 0 Å². The Bertz CT molecular complexity index is 302. The number of allylic oxidation sites excluding steroid dienone is 1. The molecule has 0 aromatic rings. The lowest BCUT2D eigenvalue weighted by atomic mass is 9.79. The zero-order valence-corrected chi connectivity index (χ0v) is 9.74. The molecule has 2 atom stereocenters. The summed E-state index contributed by atoms with van der Waals surface area (Å²) in [5, 5.41) is 0. The summed E-state index contributed by atoms with van der Waals surface area (Å²) in [7, 11) is 0. The standard InChI is InChI=1S/C12H18O3/c1-7(2)15-12(14)11-8(3)5-10(13)6-9(11)4/h5,7,9,11H,6H2,1-4H3/t9-,11+/m1/s1. The van der Waals surface area contributed by atoms with E-state index in [2.05, 4.69) is 0 Å². The second-order valence-corrected chi connectivity index (χ2v) is 4.50. The summed E-state index contributed by atoms with van der Waals surface area (Å²) in [5.74, 6) is -0.300. The van der Waals surface area contributed by atoms with E-state index in [4.69, 9.17) is 4.74 Å². The highest BCUT2D eigenvalue weighted by atomic mass is 16.5. The van der Waals surface area contributed by atoms with Crippen molar-refractivity contribution in [3.8, 4) is 0 Å². The smallest absolute Gasteiger partial charge is 0.313 e. The van der Waals surface area contributed by atoms with Crippen LogP contribution in [-0.4, -0.2) is 17.9 Å². The predicted molar refractivity (Wildman–Crippen MR) is 57.3 cm³/mol. The third-order valence-corrected chi connectivity index (χ3v) is 2.58. The maximum atomic E-state index is 11.8. The molecular formula is C12H18O3. The maximum absolute atomic E-state index is 11.8. The molecule has 0 unspecified atom stereocenters. The minimum Gasteiger partial charge on any atom is -0.463 e. The maximum Gasteiger partial charge on any atom is 0.313 e. The third-order valence-electron chi connectivity index (χ3n) is 2.58. The van der Waals surface area contributed by atoms with Crippen LogP contribution in [0.3, 0.4) is 0 Å². The van der Waals surface area contributed by atoms with Crippen molar-refractivity contribution in [1.82, 2.24) is 0 Å². The Kier molecular flexibility index (Phi) is 3.66. The molecule has 0 aromatic heterocycles. The van der Waals surface area contributed by atoms with Crippen LogP contribution in [-0.2, 0) is 14.3 Å². The highest BCUT2D eigenvalue weighted by Crippen LogP contribution is 2.29. The summed E-state index contributed by atoms with van der Waals surface area (Å²) >= 11 is 0. The van der Waals surface area contributed by atoms with Crippen molar-refractivity contribution in [2.24, 2.45) is 11.8 Å². The highest BCUT2D eigenvalue weighted by molar-refractivity contribution is 5.94. The average Bonchev–Trinajstić information content (AvgIpc) is 1.99. The molecule has 0 aromatic carbocycles. The first kappa shape index (κ1) is 12.0. The second kappa shape index (κ2) is 4.60. The van der Waals surface area contributed by atoms with Gasteiger partial charge in [0.05, 0.1) is 12.0 Å². The van der Waals surface area contributed by atoms with Gasteiger partial charge < -0.3 is 4.74 Å². The molecule has 0 saturated heterocycles. The van der Waals surface area contributed by atoms with Crippen LogP contribution in [0.1, 0.15) is 34.1 Å². The zero-order chi connectivity index (χ0) is 11.6. The van der Waals surface area contributed by atoms with Gasteiger partial charge in [-0.05, 0) is 32.8 Å². The zero-order valence-electron chi connectivity index (χ0n) is 9.74. The Balaban J connectivity index is 2.80. The summed E-state index contributed by atoms with van der Waals surface area (Å²) in [5.41, 5.74) is 0.824. The number of carbonyl (C=O) groups is 2. The van der Waals surface area contributed by atoms with Crippen LogP contribution in [0.5, 0.6) is 0 Å². The van der Waals surface area contributed by atoms with Gasteiger partial charge in [-0.25, -0.2) is 0 Å². The number of hydrogen-bond acceptors (Lipinski definition) is 3. The number of ether oxygens (including phenoxy) is 1. The minimum absolute atomic E-state index is 0.0498. The van der Waals surface area contributed by atoms with Crippen LogP contribution < -0.4 is 0 Å². The first-order valence-electron chi connectivity index (χ1n) is 5.33. The van der Waals surface area contributed by atoms with Gasteiger partial charge in [0.1, 0.15) is 0 Å². The van der Waals surface area contributed by atoms with Gasteiger partial charge in [0.25, 0.3) is 0 Å². The largest absolute Gasteiger partial charge is 0.463 e. The van der Waals surface area contributed by atoms with E-state index in [-0.39, 0.29) is 29.7 Å². The van der Waals surface area contributed by atoms with Crippen LogP contribution in [0.4, 0.5) is 0 Å². The first-order chi connectivity index (χ1) is 6.91. The molecule has 0 bridgehead atoms. The van der Waals surface area contributed by atoms with E-state index in [9.17, 15) is 9.59 Å². The van der Waals surface area contributed by atoms with E-state index < -0.39 is 0 Å². The summed E-state index contributed by atoms with van der Waals surface area (Å²) in [6.45, 7) is 7.39. The van der Waals surface area contributed by atoms with Crippen LogP contribution in [0.25, 0.3) is 0 Å². The van der Waals surface area contributed by atoms with E-state index in [0.29, 0.717) is 6.42 Å². The first-order valence-corrected chi connectivity index (χ1v) is 5.33. The van der Waals surface area contributed by atoms with Crippen LogP contribution in [0.15, 0.2) is 11.6 Å². The molecule has 0 N–H and O–H groups in total. The van der Waals surface area contributed by atoms with Gasteiger partial charge >= 0.3 is 5.97 Å². The molecule has 1 aliphatic rings. The SMILES string of the molecule is CC1=CC(=O)C[C@@H](C)[C@H]1C(=O)OC(C)C. The van der Waals surface area contributed by atoms with Gasteiger partial charge in [0.15, 0.2) is 5.78 Å². The number of hydrogen-bond donors (Lipinski definition) is 0. The van der Waals surface area contributed by atoms with E-state index in [0.717, 1.165) is 5.57 Å². The molecule has 3 nitrogen and oxygen atoms in total. The molecule has 15 heavy (non-hydrogen) atoms. The lowest BCUT2D eigenvalue weighted by molar-refractivity contribution is -0.152. The van der Waals surface area contributed by atoms with Crippen LogP contribution >= 0.6 is 0 Å². The van der Waals surface area contributed by atoms with Gasteiger partial charge in [0, 0.05) is 6.42 Å². The van der Waals surface area contributed by atoms with Crippen molar-refractivity contribution < 1.29 is 14.3 Å². The van der Waals surface area contributed by atoms with Crippen LogP contribution in [0, 0.1) is 11.8 Å². The fourth-order valence-electron chi connectivity index (χ4n) is 2.01. The van der Waals surface area contributed by atoms with E-state index in [1.165, 1.54) is 0 Å². The van der Waals surface area contributed by atoms with E-state index in [1.54, 1.807) is 6.08 Å². The molecule has 1 aliphatic carbocycles. The highest BCUT2D eigenvalue weighted by Gasteiger charge is 2.33. The normalized spacial score (nSPS) is 26.5. The second-order valence-electron chi connectivity index (χ2n) is 4.50. The molecule has 0 heterocycles. The molecule has 0 saturated carbocycles. The minimum atomic E-state index is -0.245. The molecule has 1 rings (SSSR count). The fourth-order valence-corrected chi connectivity index (χ4v) is 2.01. The number of esters is 1. The van der Waals surface area contributed by atoms with E-state index in [1.807, 2.05) is 27.7 Å². The fraction of sp³-hybridized carbons (Fsp3) is 0.667. The molecule has 84 valence electrons. The summed E-state index contributed by atoms with van der Waals surface area (Å²) in [6.07, 6.45) is 1.90. The average molecular weight is 210 g/mol. The Morgan fingerprint density at radius 2 is 2.13 bits per heavy atom. The molecule has 0 spiro atoms. The quantitative estimate of drug-likeness (QED) is 0.655. The van der Waals surface area contributed by atoms with Crippen molar-refractivity contribution in [3.05, 3.63) is 11.6 Å². The molecule has 0 radical (unpaired) electrons.